The van der Waals surface area contributed by atoms with Gasteiger partial charge in [0.05, 0.1) is 0 Å². The number of hydrogen-bond donors (Lipinski definition) is 1. The molecule has 1 aliphatic heterocycles. The van der Waals surface area contributed by atoms with E-state index < -0.39 is 6.09 Å². The SMILES string of the molecule is O=C(Cl)CCC1CCN(C(=O)O)CC1. The van der Waals surface area contributed by atoms with Crippen LogP contribution in [0.4, 0.5) is 4.79 Å². The average molecular weight is 220 g/mol. The van der Waals surface area contributed by atoms with Crippen molar-refractivity contribution in [2.24, 2.45) is 5.92 Å². The van der Waals surface area contributed by atoms with Crippen molar-refractivity contribution in [3.8, 4) is 0 Å². The van der Waals surface area contributed by atoms with Crippen LogP contribution in [0.2, 0.25) is 0 Å². The van der Waals surface area contributed by atoms with E-state index in [2.05, 4.69) is 0 Å². The van der Waals surface area contributed by atoms with E-state index in [-0.39, 0.29) is 5.24 Å². The quantitative estimate of drug-likeness (QED) is 0.738. The van der Waals surface area contributed by atoms with Gasteiger partial charge in [-0.1, -0.05) is 0 Å². The Morgan fingerprint density at radius 3 is 2.36 bits per heavy atom. The minimum atomic E-state index is -0.850. The molecule has 0 spiro atoms. The third-order valence-corrected chi connectivity index (χ3v) is 2.82. The van der Waals surface area contributed by atoms with Gasteiger partial charge in [0.25, 0.3) is 0 Å². The molecule has 0 radical (unpaired) electrons. The van der Waals surface area contributed by atoms with Crippen molar-refractivity contribution in [1.82, 2.24) is 4.90 Å². The van der Waals surface area contributed by atoms with E-state index in [1.165, 1.54) is 4.90 Å². The van der Waals surface area contributed by atoms with Gasteiger partial charge in [-0.05, 0) is 36.8 Å². The van der Waals surface area contributed by atoms with Crippen LogP contribution in [-0.2, 0) is 4.79 Å². The van der Waals surface area contributed by atoms with Crippen LogP contribution in [0.25, 0.3) is 0 Å². The first-order valence-electron chi connectivity index (χ1n) is 4.76. The van der Waals surface area contributed by atoms with Gasteiger partial charge in [0.1, 0.15) is 0 Å². The minimum absolute atomic E-state index is 0.300. The lowest BCUT2D eigenvalue weighted by Crippen LogP contribution is -2.37. The molecule has 0 aromatic rings. The van der Waals surface area contributed by atoms with Gasteiger partial charge in [0.15, 0.2) is 0 Å². The lowest BCUT2D eigenvalue weighted by molar-refractivity contribution is -0.112. The highest BCUT2D eigenvalue weighted by atomic mass is 35.5. The van der Waals surface area contributed by atoms with Crippen molar-refractivity contribution in [3.63, 3.8) is 0 Å². The summed E-state index contributed by atoms with van der Waals surface area (Å²) in [5.41, 5.74) is 0. The van der Waals surface area contributed by atoms with Gasteiger partial charge in [-0.25, -0.2) is 4.79 Å². The summed E-state index contributed by atoms with van der Waals surface area (Å²) in [4.78, 5) is 22.5. The Morgan fingerprint density at radius 1 is 1.36 bits per heavy atom. The third kappa shape index (κ3) is 3.54. The number of carbonyl (C=O) groups excluding carboxylic acids is 1. The van der Waals surface area contributed by atoms with Gasteiger partial charge in [0.2, 0.25) is 5.24 Å². The van der Waals surface area contributed by atoms with Gasteiger partial charge in [0, 0.05) is 19.5 Å². The highest BCUT2D eigenvalue weighted by molar-refractivity contribution is 6.63. The molecular weight excluding hydrogens is 206 g/mol. The standard InChI is InChI=1S/C9H14ClNO3/c10-8(12)2-1-7-3-5-11(6-4-7)9(13)14/h7H,1-6H2,(H,13,14). The summed E-state index contributed by atoms with van der Waals surface area (Å²) in [7, 11) is 0. The number of piperidine rings is 1. The van der Waals surface area contributed by atoms with Gasteiger partial charge in [-0.2, -0.15) is 0 Å². The van der Waals surface area contributed by atoms with E-state index >= 15 is 0 Å². The molecule has 1 rings (SSSR count). The van der Waals surface area contributed by atoms with Crippen LogP contribution < -0.4 is 0 Å². The molecule has 1 N–H and O–H groups in total. The molecule has 1 amide bonds. The summed E-state index contributed by atoms with van der Waals surface area (Å²) < 4.78 is 0. The van der Waals surface area contributed by atoms with Crippen LogP contribution >= 0.6 is 11.6 Å². The zero-order valence-corrected chi connectivity index (χ0v) is 8.66. The van der Waals surface area contributed by atoms with Crippen LogP contribution in [0.3, 0.4) is 0 Å². The normalized spacial score (nSPS) is 18.2. The molecule has 14 heavy (non-hydrogen) atoms. The fraction of sp³-hybridized carbons (Fsp3) is 0.778. The maximum Gasteiger partial charge on any atom is 0.407 e. The first-order valence-corrected chi connectivity index (χ1v) is 5.13. The average Bonchev–Trinajstić information content (AvgIpc) is 2.15. The molecule has 0 saturated carbocycles. The summed E-state index contributed by atoms with van der Waals surface area (Å²) in [5.74, 6) is 0.452. The zero-order chi connectivity index (χ0) is 10.6. The molecule has 0 atom stereocenters. The topological polar surface area (TPSA) is 57.6 Å². The minimum Gasteiger partial charge on any atom is -0.465 e. The van der Waals surface area contributed by atoms with E-state index in [0.29, 0.717) is 25.4 Å². The Kier molecular flexibility index (Phi) is 4.20. The molecule has 0 unspecified atom stereocenters. The lowest BCUT2D eigenvalue weighted by Gasteiger charge is -2.29. The number of likely N-dealkylation sites (tertiary alicyclic amines) is 1. The van der Waals surface area contributed by atoms with Crippen molar-refractivity contribution in [1.29, 1.82) is 0 Å². The van der Waals surface area contributed by atoms with Crippen LogP contribution in [0.1, 0.15) is 25.7 Å². The number of amides is 1. The van der Waals surface area contributed by atoms with Crippen LogP contribution in [0, 0.1) is 5.92 Å². The summed E-state index contributed by atoms with van der Waals surface area (Å²) in [5, 5.41) is 8.39. The first-order chi connectivity index (χ1) is 6.59. The molecule has 5 heteroatoms. The molecule has 1 aliphatic rings. The molecule has 4 nitrogen and oxygen atoms in total. The number of carboxylic acid groups (broad SMARTS) is 1. The molecule has 0 aromatic carbocycles. The van der Waals surface area contributed by atoms with E-state index in [9.17, 15) is 9.59 Å². The third-order valence-electron chi connectivity index (χ3n) is 2.63. The van der Waals surface area contributed by atoms with Crippen molar-refractivity contribution in [3.05, 3.63) is 0 Å². The predicted octanol–water partition coefficient (Wildman–Crippen LogP) is 1.92. The highest BCUT2D eigenvalue weighted by Crippen LogP contribution is 2.22. The second kappa shape index (κ2) is 5.20. The van der Waals surface area contributed by atoms with E-state index in [4.69, 9.17) is 16.7 Å². The Balaban J connectivity index is 2.22. The predicted molar refractivity (Wildman–Crippen MR) is 52.4 cm³/mol. The number of halogens is 1. The van der Waals surface area contributed by atoms with Crippen LogP contribution in [0.5, 0.6) is 0 Å². The number of nitrogens with zero attached hydrogens (tertiary/aromatic N) is 1. The molecule has 1 saturated heterocycles. The molecule has 0 aromatic heterocycles. The Labute approximate surface area is 87.8 Å². The number of carbonyl (C=O) groups is 2. The summed E-state index contributed by atoms with van der Waals surface area (Å²) >= 11 is 5.23. The van der Waals surface area contributed by atoms with E-state index in [1.54, 1.807) is 0 Å². The van der Waals surface area contributed by atoms with Gasteiger partial charge < -0.3 is 10.0 Å². The van der Waals surface area contributed by atoms with Crippen molar-refractivity contribution < 1.29 is 14.7 Å². The monoisotopic (exact) mass is 219 g/mol. The Morgan fingerprint density at radius 2 is 1.93 bits per heavy atom. The zero-order valence-electron chi connectivity index (χ0n) is 7.91. The highest BCUT2D eigenvalue weighted by Gasteiger charge is 2.22. The number of rotatable bonds is 3. The fourth-order valence-electron chi connectivity index (χ4n) is 1.73. The van der Waals surface area contributed by atoms with Gasteiger partial charge in [-0.15, -0.1) is 0 Å². The van der Waals surface area contributed by atoms with Crippen LogP contribution in [0.15, 0.2) is 0 Å². The van der Waals surface area contributed by atoms with E-state index in [0.717, 1.165) is 19.3 Å². The Hall–Kier alpha value is -0.770. The Bertz CT molecular complexity index is 224. The second-order valence-corrected chi connectivity index (χ2v) is 4.03. The molecular formula is C9H14ClNO3. The molecule has 0 bridgehead atoms. The van der Waals surface area contributed by atoms with Gasteiger partial charge in [-0.3, -0.25) is 4.79 Å². The molecule has 0 aliphatic carbocycles. The molecule has 80 valence electrons. The van der Waals surface area contributed by atoms with Crippen molar-refractivity contribution >= 4 is 22.9 Å². The maximum atomic E-state index is 10.6. The largest absolute Gasteiger partial charge is 0.465 e. The van der Waals surface area contributed by atoms with E-state index in [1.807, 2.05) is 0 Å². The summed E-state index contributed by atoms with van der Waals surface area (Å²) in [6, 6.07) is 0. The molecule has 1 fully saturated rings. The second-order valence-electron chi connectivity index (χ2n) is 3.61. The van der Waals surface area contributed by atoms with Crippen molar-refractivity contribution in [2.45, 2.75) is 25.7 Å². The van der Waals surface area contributed by atoms with Crippen molar-refractivity contribution in [2.75, 3.05) is 13.1 Å². The number of hydrogen-bond acceptors (Lipinski definition) is 2. The lowest BCUT2D eigenvalue weighted by atomic mass is 9.93. The summed E-state index contributed by atoms with van der Waals surface area (Å²) in [6.07, 6.45) is 2.03. The maximum absolute atomic E-state index is 10.6. The van der Waals surface area contributed by atoms with Gasteiger partial charge >= 0.3 is 6.09 Å². The smallest absolute Gasteiger partial charge is 0.407 e. The fourth-order valence-corrected chi connectivity index (χ4v) is 1.84. The first kappa shape index (κ1) is 11.3. The van der Waals surface area contributed by atoms with Crippen LogP contribution in [-0.4, -0.2) is 34.4 Å². The summed E-state index contributed by atoms with van der Waals surface area (Å²) in [6.45, 7) is 1.16. The molecule has 1 heterocycles.